The Morgan fingerprint density at radius 2 is 2.36 bits per heavy atom. The largest absolute Gasteiger partial charge is 0.466 e. The lowest BCUT2D eigenvalue weighted by atomic mass is 9.90. The molecule has 0 saturated carbocycles. The Morgan fingerprint density at radius 1 is 1.64 bits per heavy atom. The number of ketones is 1. The van der Waals surface area contributed by atoms with E-state index in [4.69, 9.17) is 0 Å². The molecule has 14 heavy (non-hydrogen) atoms. The summed E-state index contributed by atoms with van der Waals surface area (Å²) in [5.41, 5.74) is 0.619. The zero-order chi connectivity index (χ0) is 10.6. The van der Waals surface area contributed by atoms with Crippen LogP contribution in [0.15, 0.2) is 23.8 Å². The first kappa shape index (κ1) is 10.7. The van der Waals surface area contributed by atoms with Crippen LogP contribution in [0.1, 0.15) is 19.8 Å². The highest BCUT2D eigenvalue weighted by Crippen LogP contribution is 2.20. The number of hydrogen-bond donors (Lipinski definition) is 0. The number of Topliss-reactive ketones (excluding diaryl/α,β-unsaturated/α-hetero) is 1. The van der Waals surface area contributed by atoms with Crippen LogP contribution in [0.4, 0.5) is 0 Å². The van der Waals surface area contributed by atoms with Gasteiger partial charge < -0.3 is 4.74 Å². The van der Waals surface area contributed by atoms with Crippen LogP contribution in [-0.2, 0) is 14.3 Å². The molecule has 0 spiro atoms. The lowest BCUT2D eigenvalue weighted by Gasteiger charge is -2.14. The molecule has 0 aromatic rings. The van der Waals surface area contributed by atoms with E-state index in [0.717, 1.165) is 6.42 Å². The van der Waals surface area contributed by atoms with Crippen molar-refractivity contribution in [1.82, 2.24) is 0 Å². The van der Waals surface area contributed by atoms with Gasteiger partial charge in [-0.05, 0) is 18.4 Å². The third-order valence-corrected chi connectivity index (χ3v) is 2.20. The Labute approximate surface area is 83.4 Å². The van der Waals surface area contributed by atoms with E-state index in [1.807, 2.05) is 13.0 Å². The summed E-state index contributed by atoms with van der Waals surface area (Å²) in [5.74, 6) is 0.0824. The van der Waals surface area contributed by atoms with E-state index in [2.05, 4.69) is 4.74 Å². The zero-order valence-corrected chi connectivity index (χ0v) is 8.45. The molecule has 1 atom stereocenters. The zero-order valence-electron chi connectivity index (χ0n) is 8.45. The number of esters is 1. The molecule has 0 fully saturated rings. The van der Waals surface area contributed by atoms with Crippen LogP contribution in [0.3, 0.4) is 0 Å². The third-order valence-electron chi connectivity index (χ3n) is 2.20. The normalized spacial score (nSPS) is 22.3. The standard InChI is InChI=1S/C11H14O3/c1-8-3-4-9(10(12)7-8)5-6-11(13)14-2/h4-6,8H,3,7H2,1-2H3/b6-5+. The monoisotopic (exact) mass is 194 g/mol. The predicted molar refractivity (Wildman–Crippen MR) is 52.6 cm³/mol. The lowest BCUT2D eigenvalue weighted by Crippen LogP contribution is -2.12. The highest BCUT2D eigenvalue weighted by molar-refractivity contribution is 6.00. The third kappa shape index (κ3) is 2.83. The Hall–Kier alpha value is -1.38. The summed E-state index contributed by atoms with van der Waals surface area (Å²) in [5, 5.41) is 0. The highest BCUT2D eigenvalue weighted by atomic mass is 16.5. The van der Waals surface area contributed by atoms with Gasteiger partial charge in [0.05, 0.1) is 7.11 Å². The Balaban J connectivity index is 2.65. The molecule has 0 amide bonds. The van der Waals surface area contributed by atoms with Gasteiger partial charge in [0.25, 0.3) is 0 Å². The molecule has 1 unspecified atom stereocenters. The smallest absolute Gasteiger partial charge is 0.330 e. The summed E-state index contributed by atoms with van der Waals surface area (Å²) in [7, 11) is 1.31. The highest BCUT2D eigenvalue weighted by Gasteiger charge is 2.16. The minimum atomic E-state index is -0.433. The molecular weight excluding hydrogens is 180 g/mol. The summed E-state index contributed by atoms with van der Waals surface area (Å²) < 4.78 is 4.43. The van der Waals surface area contributed by atoms with Gasteiger partial charge in [-0.2, -0.15) is 0 Å². The Morgan fingerprint density at radius 3 is 2.93 bits per heavy atom. The second kappa shape index (κ2) is 4.74. The molecule has 0 N–H and O–H groups in total. The number of ether oxygens (including phenoxy) is 1. The maximum atomic E-state index is 11.4. The summed E-state index contributed by atoms with van der Waals surface area (Å²) >= 11 is 0. The van der Waals surface area contributed by atoms with Crippen molar-refractivity contribution in [3.63, 3.8) is 0 Å². The molecule has 0 aromatic heterocycles. The van der Waals surface area contributed by atoms with Crippen LogP contribution in [0.2, 0.25) is 0 Å². The van der Waals surface area contributed by atoms with Gasteiger partial charge in [0.2, 0.25) is 0 Å². The molecule has 1 aliphatic rings. The maximum absolute atomic E-state index is 11.4. The van der Waals surface area contributed by atoms with Gasteiger partial charge >= 0.3 is 5.97 Å². The van der Waals surface area contributed by atoms with E-state index in [-0.39, 0.29) is 5.78 Å². The fourth-order valence-electron chi connectivity index (χ4n) is 1.35. The molecule has 0 bridgehead atoms. The molecule has 0 aromatic carbocycles. The van der Waals surface area contributed by atoms with Crippen LogP contribution in [0.5, 0.6) is 0 Å². The van der Waals surface area contributed by atoms with Crippen molar-refractivity contribution in [2.24, 2.45) is 5.92 Å². The van der Waals surface area contributed by atoms with Gasteiger partial charge in [-0.15, -0.1) is 0 Å². The molecule has 3 heteroatoms. The fourth-order valence-corrected chi connectivity index (χ4v) is 1.35. The van der Waals surface area contributed by atoms with Crippen molar-refractivity contribution in [1.29, 1.82) is 0 Å². The first-order chi connectivity index (χ1) is 6.63. The van der Waals surface area contributed by atoms with Crippen LogP contribution >= 0.6 is 0 Å². The molecular formula is C11H14O3. The first-order valence-electron chi connectivity index (χ1n) is 4.63. The van der Waals surface area contributed by atoms with E-state index < -0.39 is 5.97 Å². The molecule has 1 aliphatic carbocycles. The van der Waals surface area contributed by atoms with Crippen LogP contribution in [0, 0.1) is 5.92 Å². The average molecular weight is 194 g/mol. The number of carbonyl (C=O) groups is 2. The van der Waals surface area contributed by atoms with E-state index in [1.165, 1.54) is 19.3 Å². The summed E-state index contributed by atoms with van der Waals surface area (Å²) in [6.07, 6.45) is 6.14. The van der Waals surface area contributed by atoms with Gasteiger partial charge in [0.1, 0.15) is 0 Å². The lowest BCUT2D eigenvalue weighted by molar-refractivity contribution is -0.134. The van der Waals surface area contributed by atoms with Gasteiger partial charge in [-0.3, -0.25) is 4.79 Å². The van der Waals surface area contributed by atoms with Crippen LogP contribution in [0.25, 0.3) is 0 Å². The fraction of sp³-hybridized carbons (Fsp3) is 0.455. The van der Waals surface area contributed by atoms with Crippen molar-refractivity contribution in [3.05, 3.63) is 23.8 Å². The number of methoxy groups -OCH3 is 1. The number of allylic oxidation sites excluding steroid dienone is 3. The van der Waals surface area contributed by atoms with Gasteiger partial charge in [0, 0.05) is 18.1 Å². The molecule has 0 saturated heterocycles. The SMILES string of the molecule is COC(=O)/C=C/C1=CCC(C)CC1=O. The number of carbonyl (C=O) groups excluding carboxylic acids is 2. The predicted octanol–water partition coefficient (Wildman–Crippen LogP) is 1.64. The van der Waals surface area contributed by atoms with Crippen LogP contribution in [-0.4, -0.2) is 18.9 Å². The minimum absolute atomic E-state index is 0.101. The first-order valence-corrected chi connectivity index (χ1v) is 4.63. The van der Waals surface area contributed by atoms with Crippen LogP contribution < -0.4 is 0 Å². The summed E-state index contributed by atoms with van der Waals surface area (Å²) in [4.78, 5) is 22.2. The minimum Gasteiger partial charge on any atom is -0.466 e. The maximum Gasteiger partial charge on any atom is 0.330 e. The van der Waals surface area contributed by atoms with Gasteiger partial charge in [-0.1, -0.05) is 13.0 Å². The van der Waals surface area contributed by atoms with Crippen molar-refractivity contribution >= 4 is 11.8 Å². The van der Waals surface area contributed by atoms with E-state index in [9.17, 15) is 9.59 Å². The molecule has 1 rings (SSSR count). The van der Waals surface area contributed by atoms with E-state index in [0.29, 0.717) is 17.9 Å². The van der Waals surface area contributed by atoms with Crippen molar-refractivity contribution in [2.75, 3.05) is 7.11 Å². The Bertz CT molecular complexity index is 300. The summed E-state index contributed by atoms with van der Waals surface area (Å²) in [6.45, 7) is 2.04. The van der Waals surface area contributed by atoms with Crippen molar-refractivity contribution in [3.8, 4) is 0 Å². The van der Waals surface area contributed by atoms with Crippen molar-refractivity contribution < 1.29 is 14.3 Å². The number of hydrogen-bond acceptors (Lipinski definition) is 3. The van der Waals surface area contributed by atoms with Crippen molar-refractivity contribution in [2.45, 2.75) is 19.8 Å². The van der Waals surface area contributed by atoms with E-state index >= 15 is 0 Å². The molecule has 0 heterocycles. The van der Waals surface area contributed by atoms with Gasteiger partial charge in [-0.25, -0.2) is 4.79 Å². The average Bonchev–Trinajstić information content (AvgIpc) is 2.16. The topological polar surface area (TPSA) is 43.4 Å². The molecule has 0 aliphatic heterocycles. The van der Waals surface area contributed by atoms with Gasteiger partial charge in [0.15, 0.2) is 5.78 Å². The molecule has 0 radical (unpaired) electrons. The molecule has 3 nitrogen and oxygen atoms in total. The second-order valence-corrected chi connectivity index (χ2v) is 3.48. The molecule has 76 valence electrons. The second-order valence-electron chi connectivity index (χ2n) is 3.48. The van der Waals surface area contributed by atoms with E-state index in [1.54, 1.807) is 0 Å². The number of rotatable bonds is 2. The Kier molecular flexibility index (Phi) is 3.63. The summed E-state index contributed by atoms with van der Waals surface area (Å²) in [6, 6.07) is 0. The quantitative estimate of drug-likeness (QED) is 0.495.